The van der Waals surface area contributed by atoms with Crippen LogP contribution in [0.15, 0.2) is 29.7 Å². The molecule has 23 heavy (non-hydrogen) atoms. The quantitative estimate of drug-likeness (QED) is 0.785. The maximum atomic E-state index is 4.54. The minimum atomic E-state index is 0.607. The third-order valence-electron chi connectivity index (χ3n) is 4.72. The molecule has 0 N–H and O–H groups in total. The van der Waals surface area contributed by atoms with Gasteiger partial charge in [0.15, 0.2) is 5.16 Å². The van der Waals surface area contributed by atoms with Gasteiger partial charge in [-0.25, -0.2) is 0 Å². The second kappa shape index (κ2) is 6.51. The second-order valence-corrected chi connectivity index (χ2v) is 7.65. The van der Waals surface area contributed by atoms with Gasteiger partial charge in [0.2, 0.25) is 5.95 Å². The highest BCUT2D eigenvalue weighted by molar-refractivity contribution is 7.98. The van der Waals surface area contributed by atoms with Gasteiger partial charge in [0.05, 0.1) is 0 Å². The van der Waals surface area contributed by atoms with Crippen LogP contribution in [-0.4, -0.2) is 32.8 Å². The van der Waals surface area contributed by atoms with Crippen molar-refractivity contribution in [2.75, 3.05) is 18.0 Å². The molecule has 2 aliphatic rings. The fraction of sp³-hybridized carbons (Fsp3) is 0.588. The van der Waals surface area contributed by atoms with Crippen molar-refractivity contribution in [3.63, 3.8) is 0 Å². The lowest BCUT2D eigenvalue weighted by molar-refractivity contribution is 0.429. The summed E-state index contributed by atoms with van der Waals surface area (Å²) in [5.41, 5.74) is 1.23. The lowest BCUT2D eigenvalue weighted by Gasteiger charge is -2.31. The van der Waals surface area contributed by atoms with Crippen LogP contribution >= 0.6 is 11.8 Å². The maximum Gasteiger partial charge on any atom is 0.228 e. The number of hydrogen-bond acceptors (Lipinski definition) is 5. The van der Waals surface area contributed by atoms with Crippen molar-refractivity contribution in [1.29, 1.82) is 0 Å². The SMILES string of the molecule is CC1CCN(c2nnc(SCc3cccnc3)n2C2CC2)CC1. The molecule has 0 unspecified atom stereocenters. The van der Waals surface area contributed by atoms with E-state index in [9.17, 15) is 0 Å². The lowest BCUT2D eigenvalue weighted by atomic mass is 10.00. The number of pyridine rings is 1. The molecule has 0 radical (unpaired) electrons. The molecule has 0 aromatic carbocycles. The normalized spacial score (nSPS) is 19.3. The zero-order valence-corrected chi connectivity index (χ0v) is 14.4. The molecule has 122 valence electrons. The van der Waals surface area contributed by atoms with E-state index in [-0.39, 0.29) is 0 Å². The first-order valence-corrected chi connectivity index (χ1v) is 9.51. The van der Waals surface area contributed by atoms with Gasteiger partial charge in [-0.05, 0) is 43.2 Å². The van der Waals surface area contributed by atoms with E-state index in [1.165, 1.54) is 31.2 Å². The van der Waals surface area contributed by atoms with Gasteiger partial charge < -0.3 is 4.90 Å². The van der Waals surface area contributed by atoms with Gasteiger partial charge >= 0.3 is 0 Å². The van der Waals surface area contributed by atoms with Crippen molar-refractivity contribution >= 4 is 17.7 Å². The Labute approximate surface area is 141 Å². The number of hydrogen-bond donors (Lipinski definition) is 0. The Balaban J connectivity index is 1.51. The molecule has 1 aliphatic carbocycles. The molecule has 2 aromatic rings. The number of rotatable bonds is 5. The topological polar surface area (TPSA) is 46.8 Å². The maximum absolute atomic E-state index is 4.54. The van der Waals surface area contributed by atoms with E-state index in [4.69, 9.17) is 0 Å². The van der Waals surface area contributed by atoms with Crippen LogP contribution in [0.2, 0.25) is 0 Å². The Hall–Kier alpha value is -1.56. The van der Waals surface area contributed by atoms with Crippen LogP contribution in [0.5, 0.6) is 0 Å². The number of thioether (sulfide) groups is 1. The summed E-state index contributed by atoms with van der Waals surface area (Å²) in [6.07, 6.45) is 8.78. The Morgan fingerprint density at radius 2 is 2.00 bits per heavy atom. The number of aromatic nitrogens is 4. The standard InChI is InChI=1S/C17H23N5S/c1-13-6-9-21(10-7-13)16-19-20-17(22(16)15-4-5-15)23-12-14-3-2-8-18-11-14/h2-3,8,11,13,15H,4-7,9-10,12H2,1H3. The van der Waals surface area contributed by atoms with Gasteiger partial charge in [-0.3, -0.25) is 9.55 Å². The molecule has 6 heteroatoms. The molecular formula is C17H23N5S. The van der Waals surface area contributed by atoms with E-state index in [2.05, 4.69) is 37.6 Å². The summed E-state index contributed by atoms with van der Waals surface area (Å²) in [6, 6.07) is 4.71. The minimum absolute atomic E-state index is 0.607. The molecule has 1 saturated heterocycles. The van der Waals surface area contributed by atoms with E-state index in [1.54, 1.807) is 11.8 Å². The Morgan fingerprint density at radius 3 is 2.70 bits per heavy atom. The zero-order valence-electron chi connectivity index (χ0n) is 13.6. The van der Waals surface area contributed by atoms with Crippen LogP contribution in [0.25, 0.3) is 0 Å². The largest absolute Gasteiger partial charge is 0.341 e. The Morgan fingerprint density at radius 1 is 1.17 bits per heavy atom. The third-order valence-corrected chi connectivity index (χ3v) is 5.73. The molecule has 0 atom stereocenters. The van der Waals surface area contributed by atoms with Crippen LogP contribution in [0, 0.1) is 5.92 Å². The second-order valence-electron chi connectivity index (χ2n) is 6.70. The van der Waals surface area contributed by atoms with Crippen molar-refractivity contribution in [2.24, 2.45) is 5.92 Å². The van der Waals surface area contributed by atoms with Gasteiger partial charge in [-0.2, -0.15) is 0 Å². The highest BCUT2D eigenvalue weighted by Gasteiger charge is 2.32. The van der Waals surface area contributed by atoms with Crippen LogP contribution in [0.4, 0.5) is 5.95 Å². The van der Waals surface area contributed by atoms with Gasteiger partial charge in [0.1, 0.15) is 0 Å². The molecule has 0 bridgehead atoms. The molecule has 0 spiro atoms. The van der Waals surface area contributed by atoms with Crippen molar-refractivity contribution in [3.05, 3.63) is 30.1 Å². The lowest BCUT2D eigenvalue weighted by Crippen LogP contribution is -2.34. The molecule has 5 nitrogen and oxygen atoms in total. The molecule has 2 aromatic heterocycles. The van der Waals surface area contributed by atoms with Crippen molar-refractivity contribution in [1.82, 2.24) is 19.7 Å². The van der Waals surface area contributed by atoms with Gasteiger partial charge in [0, 0.05) is 37.3 Å². The van der Waals surface area contributed by atoms with E-state index < -0.39 is 0 Å². The highest BCUT2D eigenvalue weighted by atomic mass is 32.2. The molecule has 4 rings (SSSR count). The Bertz CT molecular complexity index is 644. The summed E-state index contributed by atoms with van der Waals surface area (Å²) in [5, 5.41) is 10.1. The molecule has 2 fully saturated rings. The van der Waals surface area contributed by atoms with Crippen LogP contribution in [0.1, 0.15) is 44.2 Å². The van der Waals surface area contributed by atoms with Crippen LogP contribution < -0.4 is 4.90 Å². The first-order valence-electron chi connectivity index (χ1n) is 8.53. The summed E-state index contributed by atoms with van der Waals surface area (Å²) in [7, 11) is 0. The average Bonchev–Trinajstić information content (AvgIpc) is 3.34. The van der Waals surface area contributed by atoms with E-state index >= 15 is 0 Å². The van der Waals surface area contributed by atoms with Crippen molar-refractivity contribution < 1.29 is 0 Å². The summed E-state index contributed by atoms with van der Waals surface area (Å²) in [5.74, 6) is 2.83. The molecule has 1 saturated carbocycles. The molecule has 3 heterocycles. The van der Waals surface area contributed by atoms with E-state index in [0.717, 1.165) is 35.9 Å². The minimum Gasteiger partial charge on any atom is -0.341 e. The third kappa shape index (κ3) is 3.37. The predicted octanol–water partition coefficient (Wildman–Crippen LogP) is 3.54. The van der Waals surface area contributed by atoms with Gasteiger partial charge in [-0.1, -0.05) is 24.8 Å². The summed E-state index contributed by atoms with van der Waals surface area (Å²) in [4.78, 5) is 6.62. The van der Waals surface area contributed by atoms with Crippen LogP contribution in [-0.2, 0) is 5.75 Å². The smallest absolute Gasteiger partial charge is 0.228 e. The summed E-state index contributed by atoms with van der Waals surface area (Å²) in [6.45, 7) is 4.57. The zero-order chi connectivity index (χ0) is 15.6. The first-order chi connectivity index (χ1) is 11.3. The highest BCUT2D eigenvalue weighted by Crippen LogP contribution is 2.41. The van der Waals surface area contributed by atoms with Crippen LogP contribution in [0.3, 0.4) is 0 Å². The predicted molar refractivity (Wildman–Crippen MR) is 92.7 cm³/mol. The Kier molecular flexibility index (Phi) is 4.25. The average molecular weight is 329 g/mol. The molecule has 0 amide bonds. The summed E-state index contributed by atoms with van der Waals surface area (Å²) >= 11 is 1.78. The number of piperidine rings is 1. The molecule has 1 aliphatic heterocycles. The van der Waals surface area contributed by atoms with Gasteiger partial charge in [-0.15, -0.1) is 10.2 Å². The number of nitrogens with zero attached hydrogens (tertiary/aromatic N) is 5. The monoisotopic (exact) mass is 329 g/mol. The van der Waals surface area contributed by atoms with E-state index in [1.807, 2.05) is 18.5 Å². The van der Waals surface area contributed by atoms with Crippen molar-refractivity contribution in [2.45, 2.75) is 49.6 Å². The molecular weight excluding hydrogens is 306 g/mol. The van der Waals surface area contributed by atoms with Crippen molar-refractivity contribution in [3.8, 4) is 0 Å². The summed E-state index contributed by atoms with van der Waals surface area (Å²) < 4.78 is 2.39. The first kappa shape index (κ1) is 15.0. The van der Waals surface area contributed by atoms with E-state index in [0.29, 0.717) is 6.04 Å². The fourth-order valence-electron chi connectivity index (χ4n) is 3.08. The van der Waals surface area contributed by atoms with Gasteiger partial charge in [0.25, 0.3) is 0 Å². The fourth-order valence-corrected chi connectivity index (χ4v) is 4.01. The number of anilines is 1.